The lowest BCUT2D eigenvalue weighted by Gasteiger charge is -2.20. The highest BCUT2D eigenvalue weighted by molar-refractivity contribution is 5.69. The van der Waals surface area contributed by atoms with E-state index < -0.39 is 0 Å². The third-order valence-corrected chi connectivity index (χ3v) is 2.91. The smallest absolute Gasteiger partial charge is 0.306 e. The molecule has 0 radical (unpaired) electrons. The number of carbonyl (C=O) groups is 1. The molecule has 0 amide bonds. The quantitative estimate of drug-likeness (QED) is 0.613. The van der Waals surface area contributed by atoms with Gasteiger partial charge in [0.25, 0.3) is 0 Å². The molecule has 20 heavy (non-hydrogen) atoms. The average Bonchev–Trinajstić information content (AvgIpc) is 2.34. The van der Waals surface area contributed by atoms with E-state index in [2.05, 4.69) is 38.2 Å². The van der Waals surface area contributed by atoms with Gasteiger partial charge < -0.3 is 10.1 Å². The van der Waals surface area contributed by atoms with Gasteiger partial charge in [0.2, 0.25) is 0 Å². The van der Waals surface area contributed by atoms with Crippen molar-refractivity contribution < 1.29 is 9.53 Å². The zero-order valence-electron chi connectivity index (χ0n) is 13.1. The minimum absolute atomic E-state index is 0.0690. The third kappa shape index (κ3) is 7.95. The van der Waals surface area contributed by atoms with Crippen LogP contribution >= 0.6 is 0 Å². The van der Waals surface area contributed by atoms with Gasteiger partial charge >= 0.3 is 5.97 Å². The van der Waals surface area contributed by atoms with E-state index in [0.717, 1.165) is 19.4 Å². The van der Waals surface area contributed by atoms with Gasteiger partial charge in [-0.2, -0.15) is 0 Å². The molecule has 0 aromatic heterocycles. The molecule has 1 unspecified atom stereocenters. The maximum absolute atomic E-state index is 11.7. The molecule has 0 heterocycles. The van der Waals surface area contributed by atoms with E-state index in [1.165, 1.54) is 5.56 Å². The third-order valence-electron chi connectivity index (χ3n) is 2.91. The molecule has 1 aromatic carbocycles. The molecule has 0 aliphatic carbocycles. The van der Waals surface area contributed by atoms with E-state index in [4.69, 9.17) is 4.74 Å². The van der Waals surface area contributed by atoms with Crippen molar-refractivity contribution in [2.45, 2.75) is 58.6 Å². The molecule has 112 valence electrons. The van der Waals surface area contributed by atoms with Crippen LogP contribution in [0.2, 0.25) is 0 Å². The van der Waals surface area contributed by atoms with Crippen LogP contribution in [0.3, 0.4) is 0 Å². The van der Waals surface area contributed by atoms with E-state index >= 15 is 0 Å². The maximum Gasteiger partial charge on any atom is 0.306 e. The SMILES string of the molecule is CC(Cc1ccccc1)OC(=O)CCCNC(C)(C)C. The molecule has 0 saturated heterocycles. The zero-order chi connectivity index (χ0) is 15.0. The summed E-state index contributed by atoms with van der Waals surface area (Å²) in [7, 11) is 0. The van der Waals surface area contributed by atoms with Crippen LogP contribution in [0.1, 0.15) is 46.1 Å². The van der Waals surface area contributed by atoms with E-state index in [1.807, 2.05) is 25.1 Å². The summed E-state index contributed by atoms with van der Waals surface area (Å²) in [6.45, 7) is 9.14. The average molecular weight is 277 g/mol. The Labute approximate surface area is 122 Å². The molecule has 0 bridgehead atoms. The lowest BCUT2D eigenvalue weighted by Crippen LogP contribution is -2.36. The Hall–Kier alpha value is -1.35. The first-order valence-corrected chi connectivity index (χ1v) is 7.35. The first-order chi connectivity index (χ1) is 9.37. The molecule has 1 rings (SSSR count). The standard InChI is InChI=1S/C17H27NO2/c1-14(13-15-9-6-5-7-10-15)20-16(19)11-8-12-18-17(2,3)4/h5-7,9-10,14,18H,8,11-13H2,1-4H3. The first-order valence-electron chi connectivity index (χ1n) is 7.35. The van der Waals surface area contributed by atoms with Crippen molar-refractivity contribution in [2.75, 3.05) is 6.54 Å². The summed E-state index contributed by atoms with van der Waals surface area (Å²) in [6.07, 6.45) is 1.99. The second kappa shape index (κ2) is 8.05. The Kier molecular flexibility index (Phi) is 6.73. The molecule has 0 fully saturated rings. The number of nitrogens with one attached hydrogen (secondary N) is 1. The Morgan fingerprint density at radius 3 is 2.50 bits per heavy atom. The Morgan fingerprint density at radius 2 is 1.90 bits per heavy atom. The summed E-state index contributed by atoms with van der Waals surface area (Å²) in [5, 5.41) is 3.36. The summed E-state index contributed by atoms with van der Waals surface area (Å²) in [5.41, 5.74) is 1.30. The Bertz CT molecular complexity index is 395. The fourth-order valence-electron chi connectivity index (χ4n) is 1.97. The van der Waals surface area contributed by atoms with Crippen molar-refractivity contribution in [3.05, 3.63) is 35.9 Å². The van der Waals surface area contributed by atoms with Crippen LogP contribution in [0.25, 0.3) is 0 Å². The zero-order valence-corrected chi connectivity index (χ0v) is 13.1. The number of carbonyl (C=O) groups excluding carboxylic acids is 1. The van der Waals surface area contributed by atoms with Gasteiger partial charge in [0.15, 0.2) is 0 Å². The molecule has 0 spiro atoms. The highest BCUT2D eigenvalue weighted by Crippen LogP contribution is 2.07. The number of rotatable bonds is 7. The van der Waals surface area contributed by atoms with Crippen LogP contribution in [0.4, 0.5) is 0 Å². The molecule has 1 N–H and O–H groups in total. The van der Waals surface area contributed by atoms with Crippen molar-refractivity contribution in [3.8, 4) is 0 Å². The van der Waals surface area contributed by atoms with Crippen LogP contribution in [0.15, 0.2) is 30.3 Å². The van der Waals surface area contributed by atoms with Crippen molar-refractivity contribution in [1.82, 2.24) is 5.32 Å². The maximum atomic E-state index is 11.7. The molecular formula is C17H27NO2. The number of esters is 1. The van der Waals surface area contributed by atoms with E-state index in [1.54, 1.807) is 0 Å². The number of hydrogen-bond acceptors (Lipinski definition) is 3. The Morgan fingerprint density at radius 1 is 1.25 bits per heavy atom. The summed E-state index contributed by atoms with van der Waals surface area (Å²) in [4.78, 5) is 11.7. The highest BCUT2D eigenvalue weighted by atomic mass is 16.5. The lowest BCUT2D eigenvalue weighted by atomic mass is 10.1. The van der Waals surface area contributed by atoms with Crippen LogP contribution in [-0.2, 0) is 16.0 Å². The highest BCUT2D eigenvalue weighted by Gasteiger charge is 2.11. The summed E-state index contributed by atoms with van der Waals surface area (Å²) in [5.74, 6) is -0.107. The molecule has 3 nitrogen and oxygen atoms in total. The van der Waals surface area contributed by atoms with E-state index in [9.17, 15) is 4.79 Å². The van der Waals surface area contributed by atoms with Gasteiger partial charge in [-0.1, -0.05) is 30.3 Å². The first kappa shape index (κ1) is 16.7. The van der Waals surface area contributed by atoms with Gasteiger partial charge in [-0.15, -0.1) is 0 Å². The van der Waals surface area contributed by atoms with Crippen molar-refractivity contribution >= 4 is 5.97 Å². The van der Waals surface area contributed by atoms with Crippen LogP contribution in [0, 0.1) is 0 Å². The van der Waals surface area contributed by atoms with Gasteiger partial charge in [-0.05, 0) is 46.2 Å². The van der Waals surface area contributed by atoms with E-state index in [-0.39, 0.29) is 17.6 Å². The van der Waals surface area contributed by atoms with Crippen LogP contribution in [-0.4, -0.2) is 24.2 Å². The predicted molar refractivity (Wildman–Crippen MR) is 82.7 cm³/mol. The van der Waals surface area contributed by atoms with Crippen molar-refractivity contribution in [3.63, 3.8) is 0 Å². The number of benzene rings is 1. The second-order valence-corrected chi connectivity index (χ2v) is 6.27. The normalized spacial score (nSPS) is 13.0. The fourth-order valence-corrected chi connectivity index (χ4v) is 1.97. The minimum Gasteiger partial charge on any atom is -0.462 e. The number of hydrogen-bond donors (Lipinski definition) is 1. The van der Waals surface area contributed by atoms with Gasteiger partial charge in [-0.25, -0.2) is 0 Å². The van der Waals surface area contributed by atoms with Gasteiger partial charge in [-0.3, -0.25) is 4.79 Å². The number of ether oxygens (including phenoxy) is 1. The lowest BCUT2D eigenvalue weighted by molar-refractivity contribution is -0.148. The van der Waals surface area contributed by atoms with Gasteiger partial charge in [0, 0.05) is 18.4 Å². The van der Waals surface area contributed by atoms with Crippen molar-refractivity contribution in [1.29, 1.82) is 0 Å². The summed E-state index contributed by atoms with van der Waals surface area (Å²) in [6, 6.07) is 10.1. The predicted octanol–water partition coefficient (Wildman–Crippen LogP) is 3.33. The largest absolute Gasteiger partial charge is 0.462 e. The summed E-state index contributed by atoms with van der Waals surface area (Å²) < 4.78 is 5.42. The van der Waals surface area contributed by atoms with E-state index in [0.29, 0.717) is 6.42 Å². The molecule has 1 atom stereocenters. The Balaban J connectivity index is 2.18. The van der Waals surface area contributed by atoms with Crippen molar-refractivity contribution in [2.24, 2.45) is 0 Å². The summed E-state index contributed by atoms with van der Waals surface area (Å²) >= 11 is 0. The monoisotopic (exact) mass is 277 g/mol. The van der Waals surface area contributed by atoms with Crippen LogP contribution < -0.4 is 5.32 Å². The van der Waals surface area contributed by atoms with Gasteiger partial charge in [0.1, 0.15) is 6.10 Å². The molecule has 0 saturated carbocycles. The molecule has 3 heteroatoms. The molecule has 1 aromatic rings. The molecular weight excluding hydrogens is 250 g/mol. The van der Waals surface area contributed by atoms with Gasteiger partial charge in [0.05, 0.1) is 0 Å². The second-order valence-electron chi connectivity index (χ2n) is 6.27. The minimum atomic E-state index is -0.107. The topological polar surface area (TPSA) is 38.3 Å². The molecule has 0 aliphatic rings. The van der Waals surface area contributed by atoms with Crippen LogP contribution in [0.5, 0.6) is 0 Å². The molecule has 0 aliphatic heterocycles. The fraction of sp³-hybridized carbons (Fsp3) is 0.588.